The van der Waals surface area contributed by atoms with Crippen molar-refractivity contribution in [3.8, 4) is 11.3 Å². The summed E-state index contributed by atoms with van der Waals surface area (Å²) < 4.78 is 5.76. The molecule has 1 heterocycles. The number of carbonyl (C=O) groups excluding carboxylic acids is 2. The van der Waals surface area contributed by atoms with Crippen LogP contribution in [-0.4, -0.2) is 16.9 Å². The Bertz CT molecular complexity index is 1590. The lowest BCUT2D eigenvalue weighted by Gasteiger charge is -2.19. The molecule has 0 atom stereocenters. The lowest BCUT2D eigenvalue weighted by molar-refractivity contribution is -0.115. The quantitative estimate of drug-likeness (QED) is 0.155. The summed E-state index contributed by atoms with van der Waals surface area (Å²) in [5.41, 5.74) is 3.55. The molecule has 1 aromatic heterocycles. The molecule has 3 N–H and O–H groups in total. The Morgan fingerprint density at radius 3 is 2.25 bits per heavy atom. The van der Waals surface area contributed by atoms with Crippen LogP contribution in [0.25, 0.3) is 17.4 Å². The fraction of sp³-hybridized carbons (Fsp3) is 0.129. The number of amides is 2. The van der Waals surface area contributed by atoms with Crippen molar-refractivity contribution in [3.63, 3.8) is 0 Å². The zero-order valence-electron chi connectivity index (χ0n) is 22.0. The van der Waals surface area contributed by atoms with Crippen LogP contribution in [0.2, 0.25) is 10.0 Å². The zero-order valence-corrected chi connectivity index (χ0v) is 24.4. The van der Waals surface area contributed by atoms with Gasteiger partial charge in [0.05, 0.1) is 10.0 Å². The molecule has 6 nitrogen and oxygen atoms in total. The summed E-state index contributed by atoms with van der Waals surface area (Å²) in [6.07, 6.45) is 2.82. The molecule has 0 unspecified atom stereocenters. The van der Waals surface area contributed by atoms with E-state index in [0.29, 0.717) is 44.1 Å². The number of halogens is 2. The number of carbonyl (C=O) groups is 2. The molecule has 40 heavy (non-hydrogen) atoms. The van der Waals surface area contributed by atoms with Crippen LogP contribution in [0.5, 0.6) is 0 Å². The van der Waals surface area contributed by atoms with E-state index in [2.05, 4.69) is 36.7 Å². The van der Waals surface area contributed by atoms with Crippen molar-refractivity contribution < 1.29 is 14.0 Å². The summed E-state index contributed by atoms with van der Waals surface area (Å²) in [4.78, 5) is 25.1. The monoisotopic (exact) mass is 591 g/mol. The normalized spacial score (nSPS) is 11.3. The first-order valence-electron chi connectivity index (χ1n) is 12.4. The minimum Gasteiger partial charge on any atom is -0.457 e. The van der Waals surface area contributed by atoms with E-state index in [1.165, 1.54) is 12.2 Å². The smallest absolute Gasteiger partial charge is 0.255 e. The third-order valence-electron chi connectivity index (χ3n) is 5.87. The molecular formula is C31H27Cl2N3O3S. The third kappa shape index (κ3) is 7.60. The average molecular weight is 593 g/mol. The number of furan rings is 1. The van der Waals surface area contributed by atoms with Crippen molar-refractivity contribution in [3.05, 3.63) is 112 Å². The van der Waals surface area contributed by atoms with Gasteiger partial charge in [0.25, 0.3) is 5.91 Å². The van der Waals surface area contributed by atoms with Crippen LogP contribution in [0.15, 0.2) is 89.4 Å². The van der Waals surface area contributed by atoms with Gasteiger partial charge in [-0.25, -0.2) is 0 Å². The molecule has 0 aliphatic heterocycles. The summed E-state index contributed by atoms with van der Waals surface area (Å²) in [6.45, 7) is 6.37. The van der Waals surface area contributed by atoms with Crippen LogP contribution in [0, 0.1) is 0 Å². The molecule has 0 fully saturated rings. The van der Waals surface area contributed by atoms with Crippen LogP contribution >= 0.6 is 35.4 Å². The van der Waals surface area contributed by atoms with E-state index in [4.69, 9.17) is 39.8 Å². The van der Waals surface area contributed by atoms with Gasteiger partial charge in [0.1, 0.15) is 11.5 Å². The second-order valence-electron chi connectivity index (χ2n) is 9.94. The van der Waals surface area contributed by atoms with Crippen molar-refractivity contribution in [1.82, 2.24) is 5.32 Å². The minimum atomic E-state index is -0.445. The van der Waals surface area contributed by atoms with Crippen molar-refractivity contribution in [1.29, 1.82) is 0 Å². The summed E-state index contributed by atoms with van der Waals surface area (Å²) in [7, 11) is 0. The molecule has 0 aliphatic carbocycles. The topological polar surface area (TPSA) is 83.4 Å². The highest BCUT2D eigenvalue weighted by Crippen LogP contribution is 2.34. The second kappa shape index (κ2) is 12.5. The molecule has 0 aliphatic rings. The zero-order chi connectivity index (χ0) is 28.9. The summed E-state index contributed by atoms with van der Waals surface area (Å²) in [5.74, 6) is 0.312. The Hall–Kier alpha value is -3.91. The Balaban J connectivity index is 1.31. The highest BCUT2D eigenvalue weighted by molar-refractivity contribution is 7.80. The molecule has 0 spiro atoms. The van der Waals surface area contributed by atoms with E-state index >= 15 is 0 Å². The molecule has 0 saturated carbocycles. The Kier molecular flexibility index (Phi) is 9.10. The Morgan fingerprint density at radius 2 is 1.55 bits per heavy atom. The summed E-state index contributed by atoms with van der Waals surface area (Å²) in [6, 6.07) is 23.3. The number of nitrogens with one attached hydrogen (secondary N) is 3. The number of benzene rings is 3. The van der Waals surface area contributed by atoms with Crippen LogP contribution in [0.1, 0.15) is 42.5 Å². The van der Waals surface area contributed by atoms with E-state index < -0.39 is 5.91 Å². The van der Waals surface area contributed by atoms with Crippen LogP contribution in [0.3, 0.4) is 0 Å². The van der Waals surface area contributed by atoms with Crippen LogP contribution in [-0.2, 0) is 10.2 Å². The Morgan fingerprint density at radius 1 is 0.875 bits per heavy atom. The first kappa shape index (κ1) is 29.1. The molecule has 0 radical (unpaired) electrons. The van der Waals surface area contributed by atoms with Gasteiger partial charge in [-0.05, 0) is 83.9 Å². The van der Waals surface area contributed by atoms with Gasteiger partial charge in [0, 0.05) is 28.6 Å². The van der Waals surface area contributed by atoms with Crippen LogP contribution in [0.4, 0.5) is 11.4 Å². The molecule has 3 aromatic carbocycles. The van der Waals surface area contributed by atoms with E-state index in [0.717, 1.165) is 5.56 Å². The van der Waals surface area contributed by atoms with Gasteiger partial charge in [0.2, 0.25) is 5.91 Å². The molecule has 204 valence electrons. The highest BCUT2D eigenvalue weighted by Gasteiger charge is 2.15. The van der Waals surface area contributed by atoms with Crippen LogP contribution < -0.4 is 16.0 Å². The second-order valence-corrected chi connectivity index (χ2v) is 11.1. The van der Waals surface area contributed by atoms with Crippen molar-refractivity contribution in [2.45, 2.75) is 26.2 Å². The van der Waals surface area contributed by atoms with Crippen molar-refractivity contribution >= 4 is 69.8 Å². The van der Waals surface area contributed by atoms with Crippen molar-refractivity contribution in [2.75, 3.05) is 10.6 Å². The van der Waals surface area contributed by atoms with Gasteiger partial charge in [-0.3, -0.25) is 14.9 Å². The van der Waals surface area contributed by atoms with E-state index in [-0.39, 0.29) is 16.4 Å². The van der Waals surface area contributed by atoms with E-state index in [9.17, 15) is 9.59 Å². The molecule has 0 saturated heterocycles. The fourth-order valence-electron chi connectivity index (χ4n) is 3.75. The van der Waals surface area contributed by atoms with E-state index in [1.54, 1.807) is 54.6 Å². The third-order valence-corrected chi connectivity index (χ3v) is 6.89. The number of thiocarbonyl (C=S) groups is 1. The summed E-state index contributed by atoms with van der Waals surface area (Å²) in [5, 5.41) is 9.33. The Labute approximate surface area is 248 Å². The first-order valence-corrected chi connectivity index (χ1v) is 13.5. The lowest BCUT2D eigenvalue weighted by atomic mass is 9.87. The maximum Gasteiger partial charge on any atom is 0.255 e. The number of anilines is 2. The van der Waals surface area contributed by atoms with Gasteiger partial charge >= 0.3 is 0 Å². The van der Waals surface area contributed by atoms with E-state index in [1.807, 2.05) is 24.3 Å². The maximum absolute atomic E-state index is 12.7. The largest absolute Gasteiger partial charge is 0.457 e. The number of rotatable bonds is 6. The highest BCUT2D eigenvalue weighted by atomic mass is 35.5. The van der Waals surface area contributed by atoms with Crippen molar-refractivity contribution in [2.24, 2.45) is 0 Å². The van der Waals surface area contributed by atoms with Gasteiger partial charge in [-0.1, -0.05) is 68.2 Å². The van der Waals surface area contributed by atoms with Gasteiger partial charge in [0.15, 0.2) is 5.11 Å². The van der Waals surface area contributed by atoms with Gasteiger partial charge < -0.3 is 15.1 Å². The standard InChI is InChI=1S/C31H27Cl2N3O3S/c1-31(2,3)20-12-10-19(11-13-20)29(38)34-21-6-4-7-22(18-21)35-30(40)36-27(37)17-15-23-14-16-26(39-23)24-8-5-9-25(32)28(24)33/h4-18H,1-3H3,(H,34,38)(H2,35,36,37,40)/b17-15+. The molecule has 9 heteroatoms. The molecule has 0 bridgehead atoms. The molecule has 4 rings (SSSR count). The molecule has 4 aromatic rings. The number of hydrogen-bond acceptors (Lipinski definition) is 4. The van der Waals surface area contributed by atoms with Gasteiger partial charge in [-0.2, -0.15) is 0 Å². The molecular weight excluding hydrogens is 565 g/mol. The minimum absolute atomic E-state index is 0.00729. The van der Waals surface area contributed by atoms with Gasteiger partial charge in [-0.15, -0.1) is 0 Å². The average Bonchev–Trinajstić information content (AvgIpc) is 3.37. The predicted octanol–water partition coefficient (Wildman–Crippen LogP) is 8.33. The SMILES string of the molecule is CC(C)(C)c1ccc(C(=O)Nc2cccc(NC(=S)NC(=O)/C=C/c3ccc(-c4cccc(Cl)c4Cl)o3)c2)cc1. The lowest BCUT2D eigenvalue weighted by Crippen LogP contribution is -2.32. The predicted molar refractivity (Wildman–Crippen MR) is 167 cm³/mol. The first-order chi connectivity index (χ1) is 19.0. The number of hydrogen-bond donors (Lipinski definition) is 3. The fourth-order valence-corrected chi connectivity index (χ4v) is 4.37. The summed E-state index contributed by atoms with van der Waals surface area (Å²) >= 11 is 17.6. The molecule has 2 amide bonds. The maximum atomic E-state index is 12.7.